The zero-order valence-corrected chi connectivity index (χ0v) is 23.8. The average molecular weight is 585 g/mol. The summed E-state index contributed by atoms with van der Waals surface area (Å²) in [6.45, 7) is 5.69. The number of carboxylic acid groups (broad SMARTS) is 2. The first-order valence-electron chi connectivity index (χ1n) is 13.1. The van der Waals surface area contributed by atoms with Crippen molar-refractivity contribution in [3.05, 3.63) is 71.3 Å². The largest absolute Gasteiger partial charge is 0.480 e. The number of ether oxygens (including phenoxy) is 1. The van der Waals surface area contributed by atoms with Crippen molar-refractivity contribution in [2.45, 2.75) is 64.3 Å². The Morgan fingerprint density at radius 3 is 1.81 bits per heavy atom. The molecule has 6 N–H and O–H groups in total. The van der Waals surface area contributed by atoms with Gasteiger partial charge in [-0.3, -0.25) is 19.2 Å². The maximum Gasteiger partial charge on any atom is 0.408 e. The van der Waals surface area contributed by atoms with Crippen LogP contribution >= 0.6 is 0 Å². The number of carbonyl (C=O) groups excluding carboxylic acids is 4. The van der Waals surface area contributed by atoms with Crippen molar-refractivity contribution in [1.29, 1.82) is 0 Å². The van der Waals surface area contributed by atoms with Crippen molar-refractivity contribution in [2.75, 3.05) is 6.54 Å². The Morgan fingerprint density at radius 2 is 1.29 bits per heavy atom. The highest BCUT2D eigenvalue weighted by molar-refractivity contribution is 5.94. The van der Waals surface area contributed by atoms with E-state index in [0.717, 1.165) is 0 Å². The molecule has 13 heteroatoms. The molecule has 0 saturated heterocycles. The summed E-state index contributed by atoms with van der Waals surface area (Å²) in [5.41, 5.74) is 0.436. The summed E-state index contributed by atoms with van der Waals surface area (Å²) in [6, 6.07) is 11.0. The van der Waals surface area contributed by atoms with Crippen LogP contribution in [0.5, 0.6) is 0 Å². The first-order chi connectivity index (χ1) is 19.6. The lowest BCUT2D eigenvalue weighted by Gasteiger charge is -2.25. The lowest BCUT2D eigenvalue weighted by atomic mass is 10.0. The van der Waals surface area contributed by atoms with Crippen molar-refractivity contribution < 1.29 is 43.7 Å². The molecule has 0 aromatic heterocycles. The third kappa shape index (κ3) is 11.7. The normalized spacial score (nSPS) is 13.0. The molecule has 226 valence electrons. The number of aromatic carboxylic acids is 1. The van der Waals surface area contributed by atoms with E-state index >= 15 is 0 Å². The molecule has 0 radical (unpaired) electrons. The number of hydrogen-bond donors (Lipinski definition) is 6. The van der Waals surface area contributed by atoms with E-state index in [1.54, 1.807) is 51.1 Å². The SMILES string of the molecule is C[C@H](NC(=O)[C@H](Cc1ccc(C(=O)O)cc1)NC(=O)OC(C)(C)C)C(=O)N[C@@H](Cc1ccccc1)C(=O)NCC(=O)O. The minimum absolute atomic E-state index is 0.0441. The highest BCUT2D eigenvalue weighted by Gasteiger charge is 2.29. The molecule has 2 aromatic rings. The van der Waals surface area contributed by atoms with E-state index < -0.39 is 66.0 Å². The number of hydrogen-bond acceptors (Lipinski definition) is 7. The molecule has 0 spiro atoms. The van der Waals surface area contributed by atoms with Gasteiger partial charge in [0.25, 0.3) is 0 Å². The van der Waals surface area contributed by atoms with Crippen LogP contribution in [0.25, 0.3) is 0 Å². The molecule has 0 fully saturated rings. The van der Waals surface area contributed by atoms with Crippen LogP contribution in [0.15, 0.2) is 54.6 Å². The number of nitrogens with one attached hydrogen (secondary N) is 4. The van der Waals surface area contributed by atoms with E-state index in [9.17, 15) is 28.8 Å². The first-order valence-corrected chi connectivity index (χ1v) is 13.1. The summed E-state index contributed by atoms with van der Waals surface area (Å²) in [6.07, 6.45) is -0.860. The molecule has 3 atom stereocenters. The molecular formula is C29H36N4O9. The molecule has 42 heavy (non-hydrogen) atoms. The predicted molar refractivity (Wildman–Crippen MR) is 151 cm³/mol. The molecule has 0 heterocycles. The van der Waals surface area contributed by atoms with Gasteiger partial charge in [-0.2, -0.15) is 0 Å². The smallest absolute Gasteiger partial charge is 0.408 e. The van der Waals surface area contributed by atoms with Crippen LogP contribution in [0.4, 0.5) is 4.79 Å². The van der Waals surface area contributed by atoms with Gasteiger partial charge < -0.3 is 36.2 Å². The number of rotatable bonds is 13. The molecule has 4 amide bonds. The van der Waals surface area contributed by atoms with Crippen LogP contribution < -0.4 is 21.3 Å². The van der Waals surface area contributed by atoms with Crippen LogP contribution in [0.1, 0.15) is 49.2 Å². The molecule has 13 nitrogen and oxygen atoms in total. The Morgan fingerprint density at radius 1 is 0.738 bits per heavy atom. The fourth-order valence-electron chi connectivity index (χ4n) is 3.70. The van der Waals surface area contributed by atoms with Crippen LogP contribution in [0.3, 0.4) is 0 Å². The maximum absolute atomic E-state index is 13.2. The van der Waals surface area contributed by atoms with Crippen LogP contribution in [-0.2, 0) is 36.8 Å². The van der Waals surface area contributed by atoms with E-state index in [-0.39, 0.29) is 18.4 Å². The van der Waals surface area contributed by atoms with Gasteiger partial charge in [-0.1, -0.05) is 42.5 Å². The van der Waals surface area contributed by atoms with E-state index in [1.165, 1.54) is 31.2 Å². The Bertz CT molecular complexity index is 1270. The quantitative estimate of drug-likeness (QED) is 0.200. The van der Waals surface area contributed by atoms with Crippen molar-refractivity contribution in [1.82, 2.24) is 21.3 Å². The Balaban J connectivity index is 2.17. The van der Waals surface area contributed by atoms with Gasteiger partial charge in [-0.05, 0) is 51.0 Å². The third-order valence-corrected chi connectivity index (χ3v) is 5.73. The zero-order valence-electron chi connectivity index (χ0n) is 23.8. The standard InChI is InChI=1S/C29H36N4O9/c1-17(24(36)32-21(25(37)30-16-23(34)35)14-18-8-6-5-7-9-18)31-26(38)22(33-28(41)42-29(2,3)4)15-19-10-12-20(13-11-19)27(39)40/h5-13,17,21-22H,14-16H2,1-4H3,(H,30,37)(H,31,38)(H,32,36)(H,33,41)(H,34,35)(H,39,40)/t17-,21-,22-/m0/s1. The fraction of sp³-hybridized carbons (Fsp3) is 0.379. The molecule has 0 unspecified atom stereocenters. The highest BCUT2D eigenvalue weighted by atomic mass is 16.6. The van der Waals surface area contributed by atoms with Gasteiger partial charge >= 0.3 is 18.0 Å². The summed E-state index contributed by atoms with van der Waals surface area (Å²) in [4.78, 5) is 73.5. The van der Waals surface area contributed by atoms with E-state index in [1.807, 2.05) is 0 Å². The lowest BCUT2D eigenvalue weighted by Crippen LogP contribution is -2.57. The van der Waals surface area contributed by atoms with Crippen molar-refractivity contribution >= 4 is 35.8 Å². The van der Waals surface area contributed by atoms with Crippen molar-refractivity contribution in [3.63, 3.8) is 0 Å². The van der Waals surface area contributed by atoms with Crippen molar-refractivity contribution in [2.24, 2.45) is 0 Å². The molecule has 0 saturated carbocycles. The second kappa shape index (κ2) is 15.2. The van der Waals surface area contributed by atoms with Gasteiger partial charge in [0.15, 0.2) is 0 Å². The van der Waals surface area contributed by atoms with E-state index in [4.69, 9.17) is 14.9 Å². The molecule has 2 aromatic carbocycles. The zero-order chi connectivity index (χ0) is 31.4. The van der Waals surface area contributed by atoms with Crippen LogP contribution in [-0.4, -0.2) is 76.2 Å². The average Bonchev–Trinajstić information content (AvgIpc) is 2.90. The number of amides is 4. The van der Waals surface area contributed by atoms with Gasteiger partial charge in [0.1, 0.15) is 30.3 Å². The summed E-state index contributed by atoms with van der Waals surface area (Å²) < 4.78 is 5.26. The van der Waals surface area contributed by atoms with Gasteiger partial charge in [0.05, 0.1) is 5.56 Å². The fourth-order valence-corrected chi connectivity index (χ4v) is 3.70. The number of carbonyl (C=O) groups is 6. The monoisotopic (exact) mass is 584 g/mol. The van der Waals surface area contributed by atoms with Gasteiger partial charge in [-0.15, -0.1) is 0 Å². The maximum atomic E-state index is 13.2. The topological polar surface area (TPSA) is 200 Å². The van der Waals surface area contributed by atoms with E-state index in [0.29, 0.717) is 11.1 Å². The Kier molecular flexibility index (Phi) is 12.0. The van der Waals surface area contributed by atoms with Gasteiger partial charge in [-0.25, -0.2) is 9.59 Å². The molecule has 0 aliphatic rings. The number of carboxylic acids is 2. The van der Waals surface area contributed by atoms with Crippen LogP contribution in [0.2, 0.25) is 0 Å². The second-order valence-electron chi connectivity index (χ2n) is 10.5. The Labute approximate surface area is 243 Å². The molecule has 0 aliphatic heterocycles. The third-order valence-electron chi connectivity index (χ3n) is 5.73. The molecular weight excluding hydrogens is 548 g/mol. The first kappa shape index (κ1) is 33.3. The molecule has 0 bridgehead atoms. The predicted octanol–water partition coefficient (Wildman–Crippen LogP) is 1.25. The van der Waals surface area contributed by atoms with E-state index in [2.05, 4.69) is 21.3 Å². The van der Waals surface area contributed by atoms with Gasteiger partial charge in [0.2, 0.25) is 17.7 Å². The highest BCUT2D eigenvalue weighted by Crippen LogP contribution is 2.11. The minimum Gasteiger partial charge on any atom is -0.480 e. The second-order valence-corrected chi connectivity index (χ2v) is 10.5. The summed E-state index contributed by atoms with van der Waals surface area (Å²) in [5, 5.41) is 27.8. The number of benzene rings is 2. The summed E-state index contributed by atoms with van der Waals surface area (Å²) in [5.74, 6) is -4.56. The molecule has 0 aliphatic carbocycles. The summed E-state index contributed by atoms with van der Waals surface area (Å²) in [7, 11) is 0. The summed E-state index contributed by atoms with van der Waals surface area (Å²) >= 11 is 0. The Hall–Kier alpha value is -4.94. The number of aliphatic carboxylic acids is 1. The molecule has 2 rings (SSSR count). The van der Waals surface area contributed by atoms with Gasteiger partial charge in [0, 0.05) is 12.8 Å². The minimum atomic E-state index is -1.25. The number of alkyl carbamates (subject to hydrolysis) is 1. The lowest BCUT2D eigenvalue weighted by molar-refractivity contribution is -0.138. The van der Waals surface area contributed by atoms with Crippen LogP contribution in [0, 0.1) is 0 Å². The van der Waals surface area contributed by atoms with Crippen molar-refractivity contribution in [3.8, 4) is 0 Å².